The Kier molecular flexibility index (Phi) is 7.30. The molecule has 24 heavy (non-hydrogen) atoms. The number of ether oxygens (including phenoxy) is 2. The Labute approximate surface area is 142 Å². The van der Waals surface area contributed by atoms with Crippen LogP contribution < -0.4 is 10.6 Å². The van der Waals surface area contributed by atoms with Crippen LogP contribution in [0.1, 0.15) is 33.6 Å². The monoisotopic (exact) mass is 339 g/mol. The molecule has 1 atom stereocenters. The number of nitrogens with zero attached hydrogens (tertiary/aromatic N) is 3. The Bertz CT molecular complexity index is 515. The highest BCUT2D eigenvalue weighted by atomic mass is 16.6. The summed E-state index contributed by atoms with van der Waals surface area (Å²) in [5.74, 6) is -0.223. The van der Waals surface area contributed by atoms with E-state index < -0.39 is 23.7 Å². The van der Waals surface area contributed by atoms with Crippen molar-refractivity contribution in [1.82, 2.24) is 15.5 Å². The van der Waals surface area contributed by atoms with Crippen molar-refractivity contribution in [3.05, 3.63) is 11.5 Å². The van der Waals surface area contributed by atoms with Crippen LogP contribution in [0.4, 0.5) is 4.79 Å². The first kappa shape index (κ1) is 19.5. The number of methoxy groups -OCH3 is 1. The average Bonchev–Trinajstić information content (AvgIpc) is 3.01. The minimum absolute atomic E-state index is 0.0385. The van der Waals surface area contributed by atoms with Gasteiger partial charge in [-0.25, -0.2) is 9.59 Å². The number of amides is 1. The fourth-order valence-electron chi connectivity index (χ4n) is 2.17. The van der Waals surface area contributed by atoms with Crippen LogP contribution in [0.25, 0.3) is 4.95 Å². The Morgan fingerprint density at radius 1 is 1.33 bits per heavy atom. The Morgan fingerprint density at radius 2 is 1.96 bits per heavy atom. The third-order valence-corrected chi connectivity index (χ3v) is 3.19. The Balaban J connectivity index is 2.68. The molecule has 9 heteroatoms. The van der Waals surface area contributed by atoms with Crippen LogP contribution in [0.3, 0.4) is 0 Å². The molecule has 0 aromatic rings. The molecule has 0 aromatic carbocycles. The number of alkyl carbamates (subject to hydrolysis) is 1. The van der Waals surface area contributed by atoms with Gasteiger partial charge in [-0.3, -0.25) is 0 Å². The zero-order valence-corrected chi connectivity index (χ0v) is 14.6. The molecule has 1 heterocycles. The zero-order valence-electron chi connectivity index (χ0n) is 14.6. The third-order valence-electron chi connectivity index (χ3n) is 3.19. The summed E-state index contributed by atoms with van der Waals surface area (Å²) in [5.41, 5.74) is -0.676. The molecule has 0 aliphatic carbocycles. The van der Waals surface area contributed by atoms with Crippen molar-refractivity contribution in [1.29, 1.82) is 0 Å². The fraction of sp³-hybridized carbons (Fsp3) is 0.733. The molecule has 0 unspecified atom stereocenters. The SMILES string of the molecule is [C-]#[N+]/N=C(\NC[C@H](NC(=O)OC(C)(C)C)C(=O)OC)N1CCCC1. The van der Waals surface area contributed by atoms with Gasteiger partial charge in [0.2, 0.25) is 0 Å². The molecule has 0 saturated carbocycles. The van der Waals surface area contributed by atoms with Gasteiger partial charge < -0.3 is 25.0 Å². The molecule has 1 saturated heterocycles. The molecule has 1 aliphatic rings. The second-order valence-corrected chi connectivity index (χ2v) is 6.32. The standard InChI is InChI=1S/C15H25N5O4/c1-15(2,3)24-14(22)18-11(12(21)23-5)10-17-13(19-16-4)20-8-6-7-9-20/h11H,6-10H2,1-3,5H3,(H,17,19)(H,18,22)/t11-/m0/s1. The quantitative estimate of drug-likeness (QED) is 0.260. The summed E-state index contributed by atoms with van der Waals surface area (Å²) >= 11 is 0. The second-order valence-electron chi connectivity index (χ2n) is 6.32. The van der Waals surface area contributed by atoms with E-state index in [0.717, 1.165) is 25.9 Å². The van der Waals surface area contributed by atoms with Gasteiger partial charge in [-0.1, -0.05) is 0 Å². The van der Waals surface area contributed by atoms with Gasteiger partial charge in [0.15, 0.2) is 0 Å². The molecule has 1 aliphatic heterocycles. The van der Waals surface area contributed by atoms with Gasteiger partial charge >= 0.3 is 12.1 Å². The van der Waals surface area contributed by atoms with Crippen LogP contribution >= 0.6 is 0 Å². The molecule has 134 valence electrons. The number of esters is 1. The maximum atomic E-state index is 11.9. The van der Waals surface area contributed by atoms with Crippen molar-refractivity contribution in [3.63, 3.8) is 0 Å². The van der Waals surface area contributed by atoms with E-state index in [1.54, 1.807) is 20.8 Å². The molecule has 0 radical (unpaired) electrons. The van der Waals surface area contributed by atoms with Crippen LogP contribution in [0.15, 0.2) is 5.10 Å². The third kappa shape index (κ3) is 6.73. The number of hydrogen-bond acceptors (Lipinski definition) is 5. The van der Waals surface area contributed by atoms with Gasteiger partial charge in [0.25, 0.3) is 5.96 Å². The van der Waals surface area contributed by atoms with Crippen molar-refractivity contribution in [2.45, 2.75) is 45.3 Å². The normalized spacial score (nSPS) is 16.1. The molecule has 0 aromatic heterocycles. The smallest absolute Gasteiger partial charge is 0.408 e. The largest absolute Gasteiger partial charge is 0.467 e. The Morgan fingerprint density at radius 3 is 2.46 bits per heavy atom. The number of carbonyl (C=O) groups is 2. The van der Waals surface area contributed by atoms with E-state index in [1.807, 2.05) is 4.90 Å². The minimum Gasteiger partial charge on any atom is -0.467 e. The lowest BCUT2D eigenvalue weighted by atomic mass is 10.2. The van der Waals surface area contributed by atoms with Gasteiger partial charge in [0.1, 0.15) is 16.7 Å². The summed E-state index contributed by atoms with van der Waals surface area (Å²) in [5, 5.41) is 9.13. The van der Waals surface area contributed by atoms with E-state index >= 15 is 0 Å². The maximum Gasteiger partial charge on any atom is 0.408 e. The first-order valence-corrected chi connectivity index (χ1v) is 7.77. The van der Waals surface area contributed by atoms with E-state index in [0.29, 0.717) is 5.96 Å². The van der Waals surface area contributed by atoms with Crippen molar-refractivity contribution >= 4 is 18.0 Å². The van der Waals surface area contributed by atoms with E-state index in [2.05, 4.69) is 20.7 Å². The number of likely N-dealkylation sites (tertiary alicyclic amines) is 1. The van der Waals surface area contributed by atoms with Crippen molar-refractivity contribution < 1.29 is 19.1 Å². The number of nitrogens with one attached hydrogen (secondary N) is 2. The van der Waals surface area contributed by atoms with Crippen LogP contribution in [-0.4, -0.2) is 61.3 Å². The minimum atomic E-state index is -0.955. The molecule has 0 spiro atoms. The lowest BCUT2D eigenvalue weighted by Gasteiger charge is -2.24. The summed E-state index contributed by atoms with van der Waals surface area (Å²) < 4.78 is 9.84. The van der Waals surface area contributed by atoms with Crippen molar-refractivity contribution in [2.75, 3.05) is 26.7 Å². The highest BCUT2D eigenvalue weighted by Gasteiger charge is 2.27. The van der Waals surface area contributed by atoms with Gasteiger partial charge in [-0.05, 0) is 33.6 Å². The molecule has 9 nitrogen and oxygen atoms in total. The van der Waals surface area contributed by atoms with Crippen molar-refractivity contribution in [3.8, 4) is 0 Å². The van der Waals surface area contributed by atoms with Crippen LogP contribution in [0.2, 0.25) is 0 Å². The molecule has 2 N–H and O–H groups in total. The summed E-state index contributed by atoms with van der Waals surface area (Å²) in [4.78, 5) is 28.7. The molecular weight excluding hydrogens is 314 g/mol. The lowest BCUT2D eigenvalue weighted by Crippen LogP contribution is -2.52. The van der Waals surface area contributed by atoms with Crippen LogP contribution in [0.5, 0.6) is 0 Å². The molecule has 0 bridgehead atoms. The number of rotatable bonds is 4. The second kappa shape index (κ2) is 8.96. The Hall–Kier alpha value is -2.50. The first-order chi connectivity index (χ1) is 11.3. The average molecular weight is 339 g/mol. The van der Waals surface area contributed by atoms with E-state index in [4.69, 9.17) is 16.0 Å². The summed E-state index contributed by atoms with van der Waals surface area (Å²) in [6.07, 6.45) is 1.33. The predicted octanol–water partition coefficient (Wildman–Crippen LogP) is 0.928. The maximum absolute atomic E-state index is 11.9. The van der Waals surface area contributed by atoms with Crippen LogP contribution in [0, 0.1) is 6.57 Å². The first-order valence-electron chi connectivity index (χ1n) is 7.77. The summed E-state index contributed by atoms with van der Waals surface area (Å²) in [7, 11) is 1.24. The molecular formula is C15H25N5O4. The number of hydrogen-bond donors (Lipinski definition) is 2. The van der Waals surface area contributed by atoms with E-state index in [9.17, 15) is 9.59 Å². The highest BCUT2D eigenvalue weighted by Crippen LogP contribution is 2.08. The fourth-order valence-corrected chi connectivity index (χ4v) is 2.17. The zero-order chi connectivity index (χ0) is 18.2. The molecule has 1 amide bonds. The van der Waals surface area contributed by atoms with Gasteiger partial charge in [0.05, 0.1) is 7.11 Å². The molecule has 1 fully saturated rings. The molecule has 1 rings (SSSR count). The topological polar surface area (TPSA) is 96.6 Å². The number of carbonyl (C=O) groups excluding carboxylic acids is 2. The lowest BCUT2D eigenvalue weighted by molar-refractivity contribution is -0.142. The van der Waals surface area contributed by atoms with Gasteiger partial charge in [0, 0.05) is 19.6 Å². The summed E-state index contributed by atoms with van der Waals surface area (Å²) in [6.45, 7) is 13.7. The van der Waals surface area contributed by atoms with Gasteiger partial charge in [-0.15, -0.1) is 4.95 Å². The summed E-state index contributed by atoms with van der Waals surface area (Å²) in [6, 6.07) is -0.955. The van der Waals surface area contributed by atoms with Gasteiger partial charge in [-0.2, -0.15) is 6.57 Å². The van der Waals surface area contributed by atoms with Crippen LogP contribution in [-0.2, 0) is 14.3 Å². The number of guanidine groups is 1. The highest BCUT2D eigenvalue weighted by molar-refractivity contribution is 5.84. The van der Waals surface area contributed by atoms with Crippen molar-refractivity contribution in [2.24, 2.45) is 5.10 Å². The van der Waals surface area contributed by atoms with E-state index in [1.165, 1.54) is 7.11 Å². The van der Waals surface area contributed by atoms with E-state index in [-0.39, 0.29) is 6.54 Å². The predicted molar refractivity (Wildman–Crippen MR) is 88.0 cm³/mol.